The smallest absolute Gasteiger partial charge is 0.266 e. The Morgan fingerprint density at radius 1 is 1.31 bits per heavy atom. The lowest BCUT2D eigenvalue weighted by molar-refractivity contribution is -0.112. The average Bonchev–Trinajstić information content (AvgIpc) is 2.66. The van der Waals surface area contributed by atoms with Crippen molar-refractivity contribution in [3.8, 4) is 23.3 Å². The number of hydrogen-bond donors (Lipinski definition) is 1. The fraction of sp³-hybridized carbons (Fsp3) is 0.158. The molecule has 2 aromatic rings. The van der Waals surface area contributed by atoms with Crippen LogP contribution in [0.1, 0.15) is 5.56 Å². The third kappa shape index (κ3) is 3.73. The van der Waals surface area contributed by atoms with Crippen LogP contribution < -0.4 is 19.5 Å². The predicted molar refractivity (Wildman–Crippen MR) is 97.7 cm³/mol. The second kappa shape index (κ2) is 7.81. The second-order valence-electron chi connectivity index (χ2n) is 5.35. The van der Waals surface area contributed by atoms with Gasteiger partial charge in [-0.25, -0.2) is 0 Å². The Balaban J connectivity index is 1.87. The molecule has 1 heterocycles. The molecule has 0 radical (unpaired) electrons. The number of anilines is 1. The Bertz CT molecular complexity index is 918. The van der Waals surface area contributed by atoms with E-state index in [1.54, 1.807) is 36.4 Å². The number of fused-ring (bicyclic) bond motifs is 1. The summed E-state index contributed by atoms with van der Waals surface area (Å²) in [6.07, 6.45) is 1.44. The standard InChI is InChI=1S/C19H15ClN2O4/c1-24-16-5-3-2-4-15(16)22-19(23)13(11-21)8-12-9-14(20)18-17(10-12)25-6-7-26-18/h2-5,8-10H,6-7H2,1H3,(H,22,23)/b13-8-. The van der Waals surface area contributed by atoms with E-state index in [0.29, 0.717) is 46.7 Å². The van der Waals surface area contributed by atoms with Gasteiger partial charge in [0, 0.05) is 0 Å². The minimum atomic E-state index is -0.553. The highest BCUT2D eigenvalue weighted by atomic mass is 35.5. The summed E-state index contributed by atoms with van der Waals surface area (Å²) in [7, 11) is 1.50. The van der Waals surface area contributed by atoms with Crippen LogP contribution in [0.25, 0.3) is 6.08 Å². The van der Waals surface area contributed by atoms with E-state index in [0.717, 1.165) is 0 Å². The number of rotatable bonds is 4. The van der Waals surface area contributed by atoms with Crippen molar-refractivity contribution < 1.29 is 19.0 Å². The molecule has 0 unspecified atom stereocenters. The molecule has 1 aliphatic rings. The molecular weight excluding hydrogens is 356 g/mol. The lowest BCUT2D eigenvalue weighted by Gasteiger charge is -2.19. The summed E-state index contributed by atoms with van der Waals surface area (Å²) in [6.45, 7) is 0.836. The van der Waals surface area contributed by atoms with Gasteiger partial charge in [-0.3, -0.25) is 4.79 Å². The van der Waals surface area contributed by atoms with Crippen molar-refractivity contribution in [3.63, 3.8) is 0 Å². The maximum Gasteiger partial charge on any atom is 0.266 e. The van der Waals surface area contributed by atoms with E-state index in [9.17, 15) is 10.1 Å². The molecule has 7 heteroatoms. The molecule has 0 bridgehead atoms. The number of nitrogens with one attached hydrogen (secondary N) is 1. The second-order valence-corrected chi connectivity index (χ2v) is 5.76. The lowest BCUT2D eigenvalue weighted by Crippen LogP contribution is -2.16. The summed E-state index contributed by atoms with van der Waals surface area (Å²) in [5.74, 6) is 0.896. The summed E-state index contributed by atoms with van der Waals surface area (Å²) >= 11 is 6.19. The average molecular weight is 371 g/mol. The number of ether oxygens (including phenoxy) is 3. The molecule has 3 rings (SSSR count). The molecule has 1 amide bonds. The van der Waals surface area contributed by atoms with Crippen LogP contribution in [0.3, 0.4) is 0 Å². The van der Waals surface area contributed by atoms with Crippen molar-refractivity contribution in [1.29, 1.82) is 5.26 Å². The van der Waals surface area contributed by atoms with Gasteiger partial charge >= 0.3 is 0 Å². The SMILES string of the molecule is COc1ccccc1NC(=O)/C(C#N)=C\c1cc(Cl)c2c(c1)OCCO2. The molecule has 1 N–H and O–H groups in total. The summed E-state index contributed by atoms with van der Waals surface area (Å²) in [4.78, 5) is 12.4. The number of nitrogens with zero attached hydrogens (tertiary/aromatic N) is 1. The van der Waals surface area contributed by atoms with Gasteiger partial charge in [-0.05, 0) is 35.9 Å². The molecule has 1 aliphatic heterocycles. The molecule has 2 aromatic carbocycles. The maximum absolute atomic E-state index is 12.4. The van der Waals surface area contributed by atoms with Crippen molar-refractivity contribution in [3.05, 3.63) is 52.6 Å². The van der Waals surface area contributed by atoms with Crippen molar-refractivity contribution in [2.24, 2.45) is 0 Å². The normalized spacial score (nSPS) is 12.9. The molecule has 0 saturated carbocycles. The van der Waals surface area contributed by atoms with Crippen LogP contribution >= 0.6 is 11.6 Å². The Morgan fingerprint density at radius 2 is 2.08 bits per heavy atom. The van der Waals surface area contributed by atoms with Crippen LogP contribution in [0.5, 0.6) is 17.2 Å². The Morgan fingerprint density at radius 3 is 2.85 bits per heavy atom. The van der Waals surface area contributed by atoms with E-state index < -0.39 is 5.91 Å². The maximum atomic E-state index is 12.4. The van der Waals surface area contributed by atoms with Gasteiger partial charge < -0.3 is 19.5 Å². The van der Waals surface area contributed by atoms with Crippen molar-refractivity contribution in [2.45, 2.75) is 0 Å². The highest BCUT2D eigenvalue weighted by molar-refractivity contribution is 6.32. The largest absolute Gasteiger partial charge is 0.495 e. The third-order valence-electron chi connectivity index (χ3n) is 3.65. The summed E-state index contributed by atoms with van der Waals surface area (Å²) in [5.41, 5.74) is 0.955. The first-order valence-corrected chi connectivity index (χ1v) is 8.15. The molecule has 26 heavy (non-hydrogen) atoms. The molecule has 0 saturated heterocycles. The van der Waals surface area contributed by atoms with Crippen molar-refractivity contribution in [2.75, 3.05) is 25.6 Å². The molecule has 0 atom stereocenters. The molecule has 0 aliphatic carbocycles. The number of carbonyl (C=O) groups excluding carboxylic acids is 1. The molecule has 0 aromatic heterocycles. The van der Waals surface area contributed by atoms with Gasteiger partial charge in [-0.2, -0.15) is 5.26 Å². The van der Waals surface area contributed by atoms with Crippen LogP contribution in [-0.2, 0) is 4.79 Å². The van der Waals surface area contributed by atoms with Gasteiger partial charge in [0.2, 0.25) is 0 Å². The monoisotopic (exact) mass is 370 g/mol. The molecule has 6 nitrogen and oxygen atoms in total. The molecule has 0 spiro atoms. The highest BCUT2D eigenvalue weighted by Crippen LogP contribution is 2.38. The number of halogens is 1. The number of carbonyl (C=O) groups is 1. The van der Waals surface area contributed by atoms with Gasteiger partial charge in [0.25, 0.3) is 5.91 Å². The first-order valence-electron chi connectivity index (χ1n) is 7.77. The number of para-hydroxylation sites is 2. The number of amides is 1. The van der Waals surface area contributed by atoms with Crippen LogP contribution in [0.2, 0.25) is 5.02 Å². The zero-order valence-electron chi connectivity index (χ0n) is 13.9. The minimum absolute atomic E-state index is 0.0800. The molecule has 0 fully saturated rings. The number of nitriles is 1. The van der Waals surface area contributed by atoms with E-state index in [-0.39, 0.29) is 5.57 Å². The Labute approximate surface area is 155 Å². The van der Waals surface area contributed by atoms with E-state index in [1.165, 1.54) is 13.2 Å². The van der Waals surface area contributed by atoms with Crippen LogP contribution in [-0.4, -0.2) is 26.2 Å². The fourth-order valence-corrected chi connectivity index (χ4v) is 2.74. The number of methoxy groups -OCH3 is 1. The van der Waals surface area contributed by atoms with E-state index in [2.05, 4.69) is 5.32 Å². The predicted octanol–water partition coefficient (Wildman–Crippen LogP) is 3.67. The Kier molecular flexibility index (Phi) is 5.30. The summed E-state index contributed by atoms with van der Waals surface area (Å²) in [5, 5.41) is 12.4. The topological polar surface area (TPSA) is 80.6 Å². The lowest BCUT2D eigenvalue weighted by atomic mass is 10.1. The van der Waals surface area contributed by atoms with Crippen molar-refractivity contribution in [1.82, 2.24) is 0 Å². The van der Waals surface area contributed by atoms with Crippen LogP contribution in [0, 0.1) is 11.3 Å². The van der Waals surface area contributed by atoms with Gasteiger partial charge in [0.1, 0.15) is 30.6 Å². The van der Waals surface area contributed by atoms with Gasteiger partial charge in [-0.1, -0.05) is 23.7 Å². The zero-order valence-corrected chi connectivity index (χ0v) is 14.7. The van der Waals surface area contributed by atoms with Crippen LogP contribution in [0.4, 0.5) is 5.69 Å². The molecular formula is C19H15ClN2O4. The molecule has 132 valence electrons. The van der Waals surface area contributed by atoms with E-state index in [1.807, 2.05) is 6.07 Å². The Hall–Kier alpha value is -3.17. The third-order valence-corrected chi connectivity index (χ3v) is 3.93. The van der Waals surface area contributed by atoms with Gasteiger partial charge in [-0.15, -0.1) is 0 Å². The first kappa shape index (κ1) is 17.6. The van der Waals surface area contributed by atoms with Crippen LogP contribution in [0.15, 0.2) is 42.0 Å². The summed E-state index contributed by atoms with van der Waals surface area (Å²) < 4.78 is 16.2. The van der Waals surface area contributed by atoms with E-state index in [4.69, 9.17) is 25.8 Å². The zero-order chi connectivity index (χ0) is 18.5. The van der Waals surface area contributed by atoms with Gasteiger partial charge in [0.05, 0.1) is 17.8 Å². The van der Waals surface area contributed by atoms with Crippen molar-refractivity contribution >= 4 is 29.3 Å². The highest BCUT2D eigenvalue weighted by Gasteiger charge is 2.17. The number of benzene rings is 2. The van der Waals surface area contributed by atoms with E-state index >= 15 is 0 Å². The number of hydrogen-bond acceptors (Lipinski definition) is 5. The quantitative estimate of drug-likeness (QED) is 0.656. The minimum Gasteiger partial charge on any atom is -0.495 e. The first-order chi connectivity index (χ1) is 12.6. The summed E-state index contributed by atoms with van der Waals surface area (Å²) in [6, 6.07) is 12.1. The fourth-order valence-electron chi connectivity index (χ4n) is 2.47. The van der Waals surface area contributed by atoms with Gasteiger partial charge in [0.15, 0.2) is 11.5 Å².